The van der Waals surface area contributed by atoms with Crippen molar-refractivity contribution in [2.45, 2.75) is 38.6 Å². The van der Waals surface area contributed by atoms with Gasteiger partial charge in [0.2, 0.25) is 0 Å². The Hall–Kier alpha value is -3.50. The first-order chi connectivity index (χ1) is 16.4. The molecule has 1 aliphatic rings. The number of carbonyl (C=O) groups excluding carboxylic acids is 2. The summed E-state index contributed by atoms with van der Waals surface area (Å²) in [6, 6.07) is 14.0. The van der Waals surface area contributed by atoms with Crippen molar-refractivity contribution in [3.05, 3.63) is 58.6 Å². The number of carbonyl (C=O) groups is 2. The Labute approximate surface area is 204 Å². The van der Waals surface area contributed by atoms with E-state index in [-0.39, 0.29) is 30.0 Å². The Morgan fingerprint density at radius 1 is 1.18 bits per heavy atom. The van der Waals surface area contributed by atoms with Gasteiger partial charge in [0.1, 0.15) is 11.6 Å². The van der Waals surface area contributed by atoms with E-state index >= 15 is 0 Å². The number of halogens is 1. The highest BCUT2D eigenvalue weighted by molar-refractivity contribution is 6.33. The summed E-state index contributed by atoms with van der Waals surface area (Å²) in [5.41, 5.74) is 1.12. The zero-order valence-electron chi connectivity index (χ0n) is 19.3. The van der Waals surface area contributed by atoms with Crippen LogP contribution in [0.2, 0.25) is 5.02 Å². The molecule has 1 saturated carbocycles. The summed E-state index contributed by atoms with van der Waals surface area (Å²) < 4.78 is 11.0. The molecule has 1 fully saturated rings. The van der Waals surface area contributed by atoms with Crippen LogP contribution in [-0.2, 0) is 9.59 Å². The van der Waals surface area contributed by atoms with Crippen LogP contribution in [0.15, 0.2) is 48.0 Å². The second-order valence-corrected chi connectivity index (χ2v) is 8.65. The van der Waals surface area contributed by atoms with Crippen molar-refractivity contribution in [3.63, 3.8) is 0 Å². The lowest BCUT2D eigenvalue weighted by molar-refractivity contribution is -0.119. The Balaban J connectivity index is 1.65. The molecule has 0 radical (unpaired) electrons. The lowest BCUT2D eigenvalue weighted by Gasteiger charge is -2.29. The molecule has 0 aromatic heterocycles. The Bertz CT molecular complexity index is 1110. The van der Waals surface area contributed by atoms with E-state index in [0.29, 0.717) is 33.7 Å². The molecule has 7 nitrogen and oxygen atoms in total. The lowest BCUT2D eigenvalue weighted by Crippen LogP contribution is -2.41. The molecule has 178 valence electrons. The number of ether oxygens (including phenoxy) is 2. The number of nitriles is 1. The van der Waals surface area contributed by atoms with Gasteiger partial charge in [-0.25, -0.2) is 0 Å². The Kier molecular flexibility index (Phi) is 8.94. The number of anilines is 1. The van der Waals surface area contributed by atoms with Gasteiger partial charge in [-0.2, -0.15) is 5.26 Å². The smallest absolute Gasteiger partial charge is 0.262 e. The molecule has 2 aromatic carbocycles. The summed E-state index contributed by atoms with van der Waals surface area (Å²) in [5.74, 6) is 0.367. The topological polar surface area (TPSA) is 100 Å². The highest BCUT2D eigenvalue weighted by atomic mass is 35.5. The largest absolute Gasteiger partial charge is 0.493 e. The number of amides is 2. The van der Waals surface area contributed by atoms with Crippen molar-refractivity contribution in [2.24, 2.45) is 5.92 Å². The van der Waals surface area contributed by atoms with E-state index in [0.717, 1.165) is 19.3 Å². The van der Waals surface area contributed by atoms with Gasteiger partial charge in [0.15, 0.2) is 18.1 Å². The van der Waals surface area contributed by atoms with E-state index < -0.39 is 0 Å². The van der Waals surface area contributed by atoms with Crippen molar-refractivity contribution >= 4 is 35.2 Å². The summed E-state index contributed by atoms with van der Waals surface area (Å²) >= 11 is 6.06. The molecule has 1 aliphatic carbocycles. The predicted molar refractivity (Wildman–Crippen MR) is 132 cm³/mol. The Morgan fingerprint density at radius 2 is 1.94 bits per heavy atom. The third-order valence-electron chi connectivity index (χ3n) is 5.80. The van der Waals surface area contributed by atoms with Gasteiger partial charge >= 0.3 is 0 Å². The SMILES string of the molecule is COc1cc(/C=C(\C#N)C(=O)N[C@@H]2CCCC[C@H]2C)ccc1OCC(=O)Nc1ccccc1Cl. The van der Waals surface area contributed by atoms with E-state index in [1.165, 1.54) is 19.6 Å². The summed E-state index contributed by atoms with van der Waals surface area (Å²) in [6.45, 7) is 1.88. The Morgan fingerprint density at radius 3 is 2.65 bits per heavy atom. The quantitative estimate of drug-likeness (QED) is 0.409. The normalized spacial score (nSPS) is 17.9. The molecule has 2 aromatic rings. The van der Waals surface area contributed by atoms with Crippen molar-refractivity contribution in [3.8, 4) is 17.6 Å². The second-order valence-electron chi connectivity index (χ2n) is 8.24. The molecule has 0 bridgehead atoms. The van der Waals surface area contributed by atoms with E-state index in [1.807, 2.05) is 6.07 Å². The molecule has 0 saturated heterocycles. The zero-order chi connectivity index (χ0) is 24.5. The van der Waals surface area contributed by atoms with Gasteiger partial charge in [-0.3, -0.25) is 9.59 Å². The van der Waals surface area contributed by atoms with Crippen LogP contribution in [0.5, 0.6) is 11.5 Å². The minimum atomic E-state index is -0.378. The molecule has 0 spiro atoms. The number of methoxy groups -OCH3 is 1. The van der Waals surface area contributed by atoms with Gasteiger partial charge in [0, 0.05) is 6.04 Å². The number of benzene rings is 2. The summed E-state index contributed by atoms with van der Waals surface area (Å²) in [5, 5.41) is 15.6. The van der Waals surface area contributed by atoms with Crippen LogP contribution in [-0.4, -0.2) is 31.6 Å². The molecule has 0 heterocycles. The highest BCUT2D eigenvalue weighted by Gasteiger charge is 2.24. The molecule has 8 heteroatoms. The maximum Gasteiger partial charge on any atom is 0.262 e. The number of para-hydroxylation sites is 1. The number of nitrogens with one attached hydrogen (secondary N) is 2. The van der Waals surface area contributed by atoms with Crippen LogP contribution in [0.25, 0.3) is 6.08 Å². The van der Waals surface area contributed by atoms with Crippen molar-refractivity contribution < 1.29 is 19.1 Å². The van der Waals surface area contributed by atoms with Gasteiger partial charge in [-0.1, -0.05) is 49.6 Å². The van der Waals surface area contributed by atoms with E-state index in [4.69, 9.17) is 21.1 Å². The van der Waals surface area contributed by atoms with E-state index in [1.54, 1.807) is 42.5 Å². The molecular formula is C26H28ClN3O4. The lowest BCUT2D eigenvalue weighted by atomic mass is 9.86. The molecule has 0 unspecified atom stereocenters. The number of rotatable bonds is 8. The summed E-state index contributed by atoms with van der Waals surface area (Å²) in [4.78, 5) is 24.9. The monoisotopic (exact) mass is 481 g/mol. The second kappa shape index (κ2) is 12.1. The minimum Gasteiger partial charge on any atom is -0.493 e. The average Bonchev–Trinajstić information content (AvgIpc) is 2.84. The molecule has 2 atom stereocenters. The maximum absolute atomic E-state index is 12.7. The van der Waals surface area contributed by atoms with E-state index in [2.05, 4.69) is 17.6 Å². The third kappa shape index (κ3) is 6.75. The summed E-state index contributed by atoms with van der Waals surface area (Å²) in [7, 11) is 1.47. The van der Waals surface area contributed by atoms with Crippen LogP contribution < -0.4 is 20.1 Å². The van der Waals surface area contributed by atoms with Crippen LogP contribution in [0, 0.1) is 17.2 Å². The fourth-order valence-electron chi connectivity index (χ4n) is 3.88. The standard InChI is InChI=1S/C26H28ClN3O4/c1-17-7-3-5-9-21(17)30-26(32)19(15-28)13-18-11-12-23(24(14-18)33-2)34-16-25(31)29-22-10-6-4-8-20(22)27/h4,6,8,10-14,17,21H,3,5,7,9,16H2,1-2H3,(H,29,31)(H,30,32)/b19-13+/t17-,21-/m1/s1. The molecule has 0 aliphatic heterocycles. The van der Waals surface area contributed by atoms with Crippen molar-refractivity contribution in [1.82, 2.24) is 5.32 Å². The molecular weight excluding hydrogens is 454 g/mol. The van der Waals surface area contributed by atoms with Gasteiger partial charge < -0.3 is 20.1 Å². The van der Waals surface area contributed by atoms with Gasteiger partial charge in [-0.15, -0.1) is 0 Å². The van der Waals surface area contributed by atoms with Gasteiger partial charge in [0.05, 0.1) is 17.8 Å². The number of hydrogen-bond donors (Lipinski definition) is 2. The van der Waals surface area contributed by atoms with Gasteiger partial charge in [0.25, 0.3) is 11.8 Å². The fraction of sp³-hybridized carbons (Fsp3) is 0.346. The van der Waals surface area contributed by atoms with Crippen LogP contribution in [0.1, 0.15) is 38.2 Å². The molecule has 34 heavy (non-hydrogen) atoms. The van der Waals surface area contributed by atoms with Crippen LogP contribution in [0.3, 0.4) is 0 Å². The fourth-order valence-corrected chi connectivity index (χ4v) is 4.06. The van der Waals surface area contributed by atoms with E-state index in [9.17, 15) is 14.9 Å². The third-order valence-corrected chi connectivity index (χ3v) is 6.13. The van der Waals surface area contributed by atoms with Gasteiger partial charge in [-0.05, 0) is 54.7 Å². The molecule has 2 N–H and O–H groups in total. The molecule has 3 rings (SSSR count). The van der Waals surface area contributed by atoms with Crippen LogP contribution >= 0.6 is 11.6 Å². The minimum absolute atomic E-state index is 0.0209. The van der Waals surface area contributed by atoms with Crippen molar-refractivity contribution in [2.75, 3.05) is 19.0 Å². The average molecular weight is 482 g/mol. The predicted octanol–water partition coefficient (Wildman–Crippen LogP) is 4.97. The highest BCUT2D eigenvalue weighted by Crippen LogP contribution is 2.29. The zero-order valence-corrected chi connectivity index (χ0v) is 20.0. The first-order valence-corrected chi connectivity index (χ1v) is 11.6. The summed E-state index contributed by atoms with van der Waals surface area (Å²) in [6.07, 6.45) is 5.76. The van der Waals surface area contributed by atoms with Crippen molar-refractivity contribution in [1.29, 1.82) is 5.26 Å². The number of nitrogens with zero attached hydrogens (tertiary/aromatic N) is 1. The first-order valence-electron chi connectivity index (χ1n) is 11.2. The molecule has 2 amide bonds. The first kappa shape index (κ1) is 25.1. The number of hydrogen-bond acceptors (Lipinski definition) is 5. The maximum atomic E-state index is 12.7. The van der Waals surface area contributed by atoms with Crippen LogP contribution in [0.4, 0.5) is 5.69 Å².